The van der Waals surface area contributed by atoms with Crippen molar-refractivity contribution in [1.29, 1.82) is 5.26 Å². The Morgan fingerprint density at radius 1 is 1.17 bits per heavy atom. The molecular weight excluding hydrogens is 227 g/mol. The molecule has 0 saturated carbocycles. The van der Waals surface area contributed by atoms with Crippen LogP contribution in [0.25, 0.3) is 0 Å². The molecule has 0 radical (unpaired) electrons. The highest BCUT2D eigenvalue weighted by Gasteiger charge is 2.14. The minimum Gasteiger partial charge on any atom is -0.369 e. The maximum absolute atomic E-state index is 14.0. The first-order valence-electron chi connectivity index (χ1n) is 6.38. The van der Waals surface area contributed by atoms with E-state index in [1.54, 1.807) is 12.1 Å². The van der Waals surface area contributed by atoms with E-state index >= 15 is 0 Å². The van der Waals surface area contributed by atoms with Gasteiger partial charge in [0.2, 0.25) is 0 Å². The Balaban J connectivity index is 3.01. The van der Waals surface area contributed by atoms with Gasteiger partial charge in [0, 0.05) is 13.1 Å². The monoisotopic (exact) mass is 248 g/mol. The molecule has 0 N–H and O–H groups in total. The molecule has 0 aromatic heterocycles. The lowest BCUT2D eigenvalue weighted by atomic mass is 10.1. The summed E-state index contributed by atoms with van der Waals surface area (Å²) in [6.07, 6.45) is 0. The van der Waals surface area contributed by atoms with Gasteiger partial charge in [0.05, 0.1) is 17.3 Å². The van der Waals surface area contributed by atoms with E-state index in [0.29, 0.717) is 23.1 Å². The Morgan fingerprint density at radius 3 is 2.11 bits per heavy atom. The van der Waals surface area contributed by atoms with Gasteiger partial charge in [0.25, 0.3) is 0 Å². The minimum absolute atomic E-state index is 0.310. The summed E-state index contributed by atoms with van der Waals surface area (Å²) < 4.78 is 14.0. The molecule has 98 valence electrons. The molecule has 1 rings (SSSR count). The minimum atomic E-state index is -0.310. The second kappa shape index (κ2) is 6.39. The van der Waals surface area contributed by atoms with Crippen LogP contribution in [0.15, 0.2) is 18.2 Å². The fourth-order valence-corrected chi connectivity index (χ4v) is 1.99. The van der Waals surface area contributed by atoms with Gasteiger partial charge >= 0.3 is 0 Å². The van der Waals surface area contributed by atoms with Crippen molar-refractivity contribution >= 4 is 5.69 Å². The normalized spacial score (nSPS) is 10.8. The van der Waals surface area contributed by atoms with Gasteiger partial charge in [-0.05, 0) is 30.0 Å². The molecule has 0 aliphatic carbocycles. The topological polar surface area (TPSA) is 27.0 Å². The summed E-state index contributed by atoms with van der Waals surface area (Å²) in [5.41, 5.74) is 0.960. The highest BCUT2D eigenvalue weighted by atomic mass is 19.1. The van der Waals surface area contributed by atoms with Crippen LogP contribution in [0.4, 0.5) is 10.1 Å². The Morgan fingerprint density at radius 2 is 1.72 bits per heavy atom. The van der Waals surface area contributed by atoms with Crippen molar-refractivity contribution in [3.8, 4) is 6.07 Å². The molecule has 2 nitrogen and oxygen atoms in total. The van der Waals surface area contributed by atoms with Crippen LogP contribution in [0.1, 0.15) is 33.3 Å². The summed E-state index contributed by atoms with van der Waals surface area (Å²) in [5.74, 6) is 0.632. The summed E-state index contributed by atoms with van der Waals surface area (Å²) in [4.78, 5) is 2.06. The molecule has 0 amide bonds. The molecule has 0 spiro atoms. The van der Waals surface area contributed by atoms with Gasteiger partial charge in [0.15, 0.2) is 0 Å². The van der Waals surface area contributed by atoms with E-state index in [9.17, 15) is 4.39 Å². The number of anilines is 1. The fourth-order valence-electron chi connectivity index (χ4n) is 1.99. The zero-order valence-electron chi connectivity index (χ0n) is 11.6. The average Bonchev–Trinajstić information content (AvgIpc) is 2.26. The van der Waals surface area contributed by atoms with E-state index in [1.165, 1.54) is 6.07 Å². The molecule has 0 aliphatic rings. The molecule has 0 fully saturated rings. The van der Waals surface area contributed by atoms with Crippen molar-refractivity contribution in [3.63, 3.8) is 0 Å². The molecule has 1 aromatic rings. The number of rotatable bonds is 5. The van der Waals surface area contributed by atoms with Crippen LogP contribution in [0.2, 0.25) is 0 Å². The Labute approximate surface area is 109 Å². The lowest BCUT2D eigenvalue weighted by Gasteiger charge is -2.28. The van der Waals surface area contributed by atoms with E-state index in [2.05, 4.69) is 32.6 Å². The number of nitrogens with zero attached hydrogens (tertiary/aromatic N) is 2. The summed E-state index contributed by atoms with van der Waals surface area (Å²) in [5, 5.41) is 8.75. The lowest BCUT2D eigenvalue weighted by molar-refractivity contribution is 0.537. The third-order valence-electron chi connectivity index (χ3n) is 2.59. The summed E-state index contributed by atoms with van der Waals surface area (Å²) in [7, 11) is 0. The number of benzene rings is 1. The van der Waals surface area contributed by atoms with Crippen molar-refractivity contribution in [2.45, 2.75) is 27.7 Å². The molecule has 0 aliphatic heterocycles. The van der Waals surface area contributed by atoms with Crippen LogP contribution in [-0.4, -0.2) is 13.1 Å². The van der Waals surface area contributed by atoms with Gasteiger partial charge in [-0.15, -0.1) is 0 Å². The zero-order valence-corrected chi connectivity index (χ0v) is 11.6. The average molecular weight is 248 g/mol. The van der Waals surface area contributed by atoms with Crippen LogP contribution >= 0.6 is 0 Å². The largest absolute Gasteiger partial charge is 0.369 e. The Bertz CT molecular complexity index is 423. The molecule has 0 saturated heterocycles. The molecule has 3 heteroatoms. The van der Waals surface area contributed by atoms with Crippen LogP contribution < -0.4 is 4.90 Å². The van der Waals surface area contributed by atoms with Gasteiger partial charge in [-0.25, -0.2) is 4.39 Å². The van der Waals surface area contributed by atoms with E-state index in [0.717, 1.165) is 13.1 Å². The Hall–Kier alpha value is -1.56. The van der Waals surface area contributed by atoms with Crippen LogP contribution in [-0.2, 0) is 0 Å². The van der Waals surface area contributed by atoms with Crippen molar-refractivity contribution in [2.75, 3.05) is 18.0 Å². The quantitative estimate of drug-likeness (QED) is 0.792. The van der Waals surface area contributed by atoms with Crippen molar-refractivity contribution in [1.82, 2.24) is 0 Å². The first-order chi connectivity index (χ1) is 8.43. The summed E-state index contributed by atoms with van der Waals surface area (Å²) in [6, 6.07) is 6.65. The first kappa shape index (κ1) is 14.5. The molecule has 1 aromatic carbocycles. The molecule has 0 bridgehead atoms. The second-order valence-corrected chi connectivity index (χ2v) is 5.47. The van der Waals surface area contributed by atoms with Gasteiger partial charge in [-0.2, -0.15) is 5.26 Å². The van der Waals surface area contributed by atoms with Gasteiger partial charge < -0.3 is 4.90 Å². The zero-order chi connectivity index (χ0) is 13.7. The van der Waals surface area contributed by atoms with Crippen molar-refractivity contribution in [3.05, 3.63) is 29.6 Å². The van der Waals surface area contributed by atoms with Crippen LogP contribution in [0.5, 0.6) is 0 Å². The molecule has 0 unspecified atom stereocenters. The molecule has 0 atom stereocenters. The van der Waals surface area contributed by atoms with E-state index in [-0.39, 0.29) is 5.82 Å². The predicted molar refractivity (Wildman–Crippen MR) is 73.0 cm³/mol. The number of hydrogen-bond acceptors (Lipinski definition) is 2. The third kappa shape index (κ3) is 4.03. The fraction of sp³-hybridized carbons (Fsp3) is 0.533. The van der Waals surface area contributed by atoms with Crippen molar-refractivity contribution < 1.29 is 4.39 Å². The molecule has 18 heavy (non-hydrogen) atoms. The van der Waals surface area contributed by atoms with Gasteiger partial charge in [-0.1, -0.05) is 27.7 Å². The van der Waals surface area contributed by atoms with Crippen LogP contribution in [0, 0.1) is 29.0 Å². The second-order valence-electron chi connectivity index (χ2n) is 5.47. The SMILES string of the molecule is CC(C)CN(CC(C)C)c1ccc(C#N)cc1F. The maximum atomic E-state index is 14.0. The Kier molecular flexibility index (Phi) is 5.15. The molecular formula is C15H21FN2. The summed E-state index contributed by atoms with van der Waals surface area (Å²) >= 11 is 0. The van der Waals surface area contributed by atoms with Gasteiger partial charge in [-0.3, -0.25) is 0 Å². The lowest BCUT2D eigenvalue weighted by Crippen LogP contribution is -2.32. The van der Waals surface area contributed by atoms with Crippen LogP contribution in [0.3, 0.4) is 0 Å². The summed E-state index contributed by atoms with van der Waals surface area (Å²) in [6.45, 7) is 10.1. The number of hydrogen-bond donors (Lipinski definition) is 0. The van der Waals surface area contributed by atoms with E-state index < -0.39 is 0 Å². The van der Waals surface area contributed by atoms with E-state index in [1.807, 2.05) is 6.07 Å². The highest BCUT2D eigenvalue weighted by molar-refractivity contribution is 5.51. The van der Waals surface area contributed by atoms with Gasteiger partial charge in [0.1, 0.15) is 5.82 Å². The smallest absolute Gasteiger partial charge is 0.147 e. The maximum Gasteiger partial charge on any atom is 0.147 e. The van der Waals surface area contributed by atoms with E-state index in [4.69, 9.17) is 5.26 Å². The number of nitriles is 1. The third-order valence-corrected chi connectivity index (χ3v) is 2.59. The highest BCUT2D eigenvalue weighted by Crippen LogP contribution is 2.22. The standard InChI is InChI=1S/C15H21FN2/c1-11(2)9-18(10-12(3)4)15-6-5-13(8-17)7-14(15)16/h5-7,11-12H,9-10H2,1-4H3. The van der Waals surface area contributed by atoms with Crippen molar-refractivity contribution in [2.24, 2.45) is 11.8 Å². The number of halogens is 1. The predicted octanol–water partition coefficient (Wildman–Crippen LogP) is 3.82. The first-order valence-corrected chi connectivity index (χ1v) is 6.38. The molecule has 0 heterocycles.